The van der Waals surface area contributed by atoms with Crippen molar-refractivity contribution in [2.45, 2.75) is 83.6 Å². The van der Waals surface area contributed by atoms with Crippen LogP contribution in [0.25, 0.3) is 0 Å². The third-order valence-corrected chi connectivity index (χ3v) is 6.81. The van der Waals surface area contributed by atoms with Gasteiger partial charge in [-0.1, -0.05) is 49.4 Å². The van der Waals surface area contributed by atoms with Crippen molar-refractivity contribution in [3.05, 3.63) is 59.7 Å². The quantitative estimate of drug-likeness (QED) is 0.252. The number of allylic oxidation sites excluding steroid dienone is 3. The fraction of sp³-hybridized carbons (Fsp3) is 0.607. The summed E-state index contributed by atoms with van der Waals surface area (Å²) in [5.41, 5.74) is -0.999. The number of nitrogens with one attached hydrogen (secondary N) is 1. The first-order valence-electron chi connectivity index (χ1n) is 12.6. The van der Waals surface area contributed by atoms with Gasteiger partial charge in [0.05, 0.1) is 17.3 Å². The Kier molecular flexibility index (Phi) is 11.0. The van der Waals surface area contributed by atoms with Crippen LogP contribution in [0.2, 0.25) is 0 Å². The minimum absolute atomic E-state index is 0.0514. The molecule has 1 aromatic rings. The van der Waals surface area contributed by atoms with E-state index in [2.05, 4.69) is 5.32 Å². The van der Waals surface area contributed by atoms with E-state index in [0.29, 0.717) is 44.2 Å². The third kappa shape index (κ3) is 9.45. The predicted octanol–water partition coefficient (Wildman–Crippen LogP) is 5.83. The lowest BCUT2D eigenvalue weighted by molar-refractivity contribution is -0.137. The molecule has 0 bridgehead atoms. The van der Waals surface area contributed by atoms with Gasteiger partial charge in [-0.2, -0.15) is 13.2 Å². The first kappa shape index (κ1) is 29.1. The molecule has 0 aliphatic heterocycles. The summed E-state index contributed by atoms with van der Waals surface area (Å²) in [6, 6.07) is 5.43. The number of alkyl halides is 3. The number of carbonyl (C=O) groups excluding carboxylic acids is 1. The zero-order chi connectivity index (χ0) is 26.1. The molecule has 0 aromatic heterocycles. The largest absolute Gasteiger partial charge is 0.416 e. The van der Waals surface area contributed by atoms with E-state index in [4.69, 9.17) is 0 Å². The molecular formula is C28H40F3NO3. The lowest BCUT2D eigenvalue weighted by atomic mass is 9.83. The van der Waals surface area contributed by atoms with Gasteiger partial charge < -0.3 is 15.5 Å². The molecular weight excluding hydrogens is 455 g/mol. The van der Waals surface area contributed by atoms with Crippen LogP contribution in [0.5, 0.6) is 0 Å². The Hall–Kier alpha value is -2.12. The summed E-state index contributed by atoms with van der Waals surface area (Å²) in [4.78, 5) is 11.5. The Balaban J connectivity index is 1.90. The second-order valence-corrected chi connectivity index (χ2v) is 9.97. The minimum Gasteiger partial charge on any atom is -0.393 e. The van der Waals surface area contributed by atoms with Gasteiger partial charge >= 0.3 is 6.18 Å². The highest BCUT2D eigenvalue weighted by Crippen LogP contribution is 2.43. The number of carbonyl (C=O) groups is 1. The zero-order valence-corrected chi connectivity index (χ0v) is 21.0. The van der Waals surface area contributed by atoms with Gasteiger partial charge in [-0.15, -0.1) is 0 Å². The first-order valence-corrected chi connectivity index (χ1v) is 12.6. The van der Waals surface area contributed by atoms with Crippen LogP contribution in [0.15, 0.2) is 48.6 Å². The van der Waals surface area contributed by atoms with Gasteiger partial charge in [-0.25, -0.2) is 0 Å². The van der Waals surface area contributed by atoms with Gasteiger partial charge in [0.2, 0.25) is 5.91 Å². The maximum Gasteiger partial charge on any atom is 0.416 e. The Morgan fingerprint density at radius 3 is 2.74 bits per heavy atom. The molecule has 1 fully saturated rings. The normalized spacial score (nSPS) is 26.0. The Morgan fingerprint density at radius 2 is 2.06 bits per heavy atom. The summed E-state index contributed by atoms with van der Waals surface area (Å²) in [5.74, 6) is -0.163. The molecule has 0 spiro atoms. The average Bonchev–Trinajstić information content (AvgIpc) is 3.00. The maximum absolute atomic E-state index is 12.9. The molecule has 196 valence electrons. The summed E-state index contributed by atoms with van der Waals surface area (Å²) in [5, 5.41) is 24.2. The number of rotatable bonds is 12. The van der Waals surface area contributed by atoms with Crippen molar-refractivity contribution in [2.75, 3.05) is 6.54 Å². The van der Waals surface area contributed by atoms with Crippen molar-refractivity contribution in [1.29, 1.82) is 0 Å². The number of halogens is 3. The lowest BCUT2D eigenvalue weighted by Crippen LogP contribution is -2.30. The molecule has 4 nitrogen and oxygen atoms in total. The Labute approximate surface area is 207 Å². The van der Waals surface area contributed by atoms with Crippen molar-refractivity contribution in [1.82, 2.24) is 5.32 Å². The van der Waals surface area contributed by atoms with E-state index in [1.54, 1.807) is 13.0 Å². The second-order valence-electron chi connectivity index (χ2n) is 9.97. The van der Waals surface area contributed by atoms with Gasteiger partial charge in [0.1, 0.15) is 0 Å². The van der Waals surface area contributed by atoms with Crippen LogP contribution in [-0.2, 0) is 17.4 Å². The van der Waals surface area contributed by atoms with Gasteiger partial charge in [0.15, 0.2) is 0 Å². The highest BCUT2D eigenvalue weighted by atomic mass is 19.4. The summed E-state index contributed by atoms with van der Waals surface area (Å²) >= 11 is 0. The highest BCUT2D eigenvalue weighted by Gasteiger charge is 2.47. The van der Waals surface area contributed by atoms with Crippen molar-refractivity contribution < 1.29 is 28.2 Å². The van der Waals surface area contributed by atoms with Crippen LogP contribution in [0.1, 0.15) is 70.4 Å². The van der Waals surface area contributed by atoms with Crippen LogP contribution in [-0.4, -0.2) is 34.4 Å². The molecule has 0 saturated heterocycles. The van der Waals surface area contributed by atoms with Crippen molar-refractivity contribution in [3.8, 4) is 0 Å². The lowest BCUT2D eigenvalue weighted by Gasteiger charge is -2.26. The predicted molar refractivity (Wildman–Crippen MR) is 133 cm³/mol. The number of hydrogen-bond donors (Lipinski definition) is 3. The number of amides is 1. The van der Waals surface area contributed by atoms with E-state index in [0.717, 1.165) is 18.9 Å². The summed E-state index contributed by atoms with van der Waals surface area (Å²) in [6.07, 6.45) is 7.25. The maximum atomic E-state index is 12.9. The number of hydrogen-bond acceptors (Lipinski definition) is 3. The molecule has 0 unspecified atom stereocenters. The molecule has 2 rings (SSSR count). The van der Waals surface area contributed by atoms with Gasteiger partial charge in [0.25, 0.3) is 0 Å². The molecule has 5 atom stereocenters. The van der Waals surface area contributed by atoms with Gasteiger partial charge in [0, 0.05) is 25.3 Å². The van der Waals surface area contributed by atoms with E-state index < -0.39 is 23.4 Å². The molecule has 1 aliphatic carbocycles. The number of aryl methyl sites for hydroxylation is 1. The average molecular weight is 496 g/mol. The fourth-order valence-corrected chi connectivity index (χ4v) is 4.81. The topological polar surface area (TPSA) is 69.6 Å². The monoisotopic (exact) mass is 495 g/mol. The van der Waals surface area contributed by atoms with Crippen molar-refractivity contribution >= 4 is 5.91 Å². The summed E-state index contributed by atoms with van der Waals surface area (Å²) in [7, 11) is 0. The molecule has 3 N–H and O–H groups in total. The standard InChI is InChI=1S/C28H40F3NO3/c1-4-32-26(34)13-8-6-5-7-12-23-24(27(3,35)19-25(23)33)17-15-20(2)14-16-21-10-9-11-22(18-21)28(29,30)31/h5,7,9-11,15,17-18,20,23-25,33,35H,4,6,8,12-14,16,19H2,1-3H3,(H,32,34)/b7-5-,17-15+/t20-,23+,24+,25-,27-/m0/s1. The van der Waals surface area contributed by atoms with E-state index in [1.165, 1.54) is 12.1 Å². The number of benzene rings is 1. The van der Waals surface area contributed by atoms with E-state index in [1.807, 2.05) is 38.2 Å². The Bertz CT molecular complexity index is 863. The highest BCUT2D eigenvalue weighted by molar-refractivity contribution is 5.75. The summed E-state index contributed by atoms with van der Waals surface area (Å²) < 4.78 is 38.8. The molecule has 7 heteroatoms. The second kappa shape index (κ2) is 13.3. The molecule has 1 amide bonds. The van der Waals surface area contributed by atoms with Crippen LogP contribution < -0.4 is 5.32 Å². The Morgan fingerprint density at radius 1 is 1.31 bits per heavy atom. The molecule has 35 heavy (non-hydrogen) atoms. The fourth-order valence-electron chi connectivity index (χ4n) is 4.81. The smallest absolute Gasteiger partial charge is 0.393 e. The van der Waals surface area contributed by atoms with Crippen LogP contribution in [0, 0.1) is 17.8 Å². The van der Waals surface area contributed by atoms with E-state index in [9.17, 15) is 28.2 Å². The number of aliphatic hydroxyl groups is 2. The number of unbranched alkanes of at least 4 members (excludes halogenated alkanes) is 1. The van der Waals surface area contributed by atoms with Crippen LogP contribution >= 0.6 is 0 Å². The third-order valence-electron chi connectivity index (χ3n) is 6.81. The van der Waals surface area contributed by atoms with Crippen LogP contribution in [0.3, 0.4) is 0 Å². The minimum atomic E-state index is -4.34. The molecule has 0 heterocycles. The summed E-state index contributed by atoms with van der Waals surface area (Å²) in [6.45, 7) is 6.27. The van der Waals surface area contributed by atoms with Crippen molar-refractivity contribution in [2.24, 2.45) is 17.8 Å². The SMILES string of the molecule is CCNC(=O)CCC/C=C\C[C@@H]1[C@@H](/C=C/[C@@H](C)CCc2cccc(C(F)(F)F)c2)[C@@](C)(O)C[C@@H]1O. The molecule has 1 saturated carbocycles. The number of aliphatic hydroxyl groups excluding tert-OH is 1. The first-order chi connectivity index (χ1) is 16.4. The molecule has 0 radical (unpaired) electrons. The molecule has 1 aliphatic rings. The van der Waals surface area contributed by atoms with Gasteiger partial charge in [-0.05, 0) is 69.4 Å². The van der Waals surface area contributed by atoms with Crippen LogP contribution in [0.4, 0.5) is 13.2 Å². The zero-order valence-electron chi connectivity index (χ0n) is 21.0. The van der Waals surface area contributed by atoms with Crippen molar-refractivity contribution in [3.63, 3.8) is 0 Å². The van der Waals surface area contributed by atoms with Gasteiger partial charge in [-0.3, -0.25) is 4.79 Å². The molecule has 1 aromatic carbocycles. The van der Waals surface area contributed by atoms with E-state index in [-0.39, 0.29) is 23.7 Å². The van der Waals surface area contributed by atoms with E-state index >= 15 is 0 Å².